The summed E-state index contributed by atoms with van der Waals surface area (Å²) in [4.78, 5) is 57.6. The van der Waals surface area contributed by atoms with Crippen molar-refractivity contribution in [2.24, 2.45) is 36.1 Å². The monoisotopic (exact) mass is 670 g/mol. The van der Waals surface area contributed by atoms with E-state index in [1.165, 1.54) is 9.58 Å². The number of thiophene rings is 1. The van der Waals surface area contributed by atoms with Gasteiger partial charge in [-0.2, -0.15) is 10.2 Å². The van der Waals surface area contributed by atoms with Crippen LogP contribution < -0.4 is 4.90 Å². The lowest BCUT2D eigenvalue weighted by Crippen LogP contribution is -2.48. The average Bonchev–Trinajstić information content (AvgIpc) is 3.70. The molecule has 2 saturated heterocycles. The van der Waals surface area contributed by atoms with Crippen molar-refractivity contribution < 1.29 is 29.5 Å². The van der Waals surface area contributed by atoms with Crippen LogP contribution in [0.4, 0.5) is 5.82 Å². The second-order valence-electron chi connectivity index (χ2n) is 13.4. The van der Waals surface area contributed by atoms with Crippen LogP contribution in [-0.2, 0) is 26.2 Å². The molecule has 3 fully saturated rings. The van der Waals surface area contributed by atoms with Crippen LogP contribution in [0.15, 0.2) is 54.1 Å². The number of allylic oxidation sites excluding steroid dienone is 2. The molecular weight excluding hydrogens is 640 g/mol. The zero-order valence-corrected chi connectivity index (χ0v) is 27.6. The summed E-state index contributed by atoms with van der Waals surface area (Å²) in [6, 6.07) is 12.8. The highest BCUT2D eigenvalue weighted by molar-refractivity contribution is 7.22. The Bertz CT molecular complexity index is 2130. The first-order valence-corrected chi connectivity index (χ1v) is 16.7. The largest absolute Gasteiger partial charge is 0.507 e. The van der Waals surface area contributed by atoms with Crippen LogP contribution in [0.25, 0.3) is 20.7 Å². The van der Waals surface area contributed by atoms with Gasteiger partial charge in [0.25, 0.3) is 11.8 Å². The molecule has 4 amide bonds. The van der Waals surface area contributed by atoms with Crippen molar-refractivity contribution in [1.82, 2.24) is 14.8 Å². The molecule has 2 aliphatic carbocycles. The standard InChI is InChI=1S/C35H31ClN4O6S/c1-15-6-5-7-20(29(15)41)28-18-9-10-19-27(33(44)40(46)31(19)42)22(18)13-23-32(43)39(34(45)35(23,28)3)26-14-24(37-38(26)4)30-16(2)21-12-17(36)8-11-25(21)47-30/h5-9,11-12,14,19,22-23,27-28,41,46H,10,13H2,1-4H3/t19-,22+,23-,27-,28+,35+/m0/s1. The Kier molecular flexibility index (Phi) is 6.45. The van der Waals surface area contributed by atoms with Crippen LogP contribution in [0.1, 0.15) is 42.4 Å². The van der Waals surface area contributed by atoms with Crippen LogP contribution in [0.3, 0.4) is 0 Å². The highest BCUT2D eigenvalue weighted by Gasteiger charge is 2.68. The number of hydroxylamine groups is 2. The van der Waals surface area contributed by atoms with E-state index in [0.717, 1.165) is 26.1 Å². The molecule has 2 aromatic heterocycles. The van der Waals surface area contributed by atoms with Crippen molar-refractivity contribution in [3.63, 3.8) is 0 Å². The molecule has 6 atom stereocenters. The van der Waals surface area contributed by atoms with Gasteiger partial charge in [0.2, 0.25) is 11.8 Å². The third kappa shape index (κ3) is 3.90. The fraction of sp³-hybridized carbons (Fsp3) is 0.343. The Morgan fingerprint density at radius 1 is 1.02 bits per heavy atom. The summed E-state index contributed by atoms with van der Waals surface area (Å²) in [6.45, 7) is 5.53. The number of aryl methyl sites for hydroxylation is 3. The maximum absolute atomic E-state index is 14.8. The topological polar surface area (TPSA) is 133 Å². The summed E-state index contributed by atoms with van der Waals surface area (Å²) < 4.78 is 2.57. The average molecular weight is 671 g/mol. The maximum atomic E-state index is 14.8. The lowest BCUT2D eigenvalue weighted by Gasteiger charge is -2.49. The Morgan fingerprint density at radius 2 is 1.79 bits per heavy atom. The molecule has 0 bridgehead atoms. The van der Waals surface area contributed by atoms with Gasteiger partial charge in [-0.05, 0) is 74.2 Å². The van der Waals surface area contributed by atoms with Crippen LogP contribution in [0.2, 0.25) is 5.02 Å². The fourth-order valence-corrected chi connectivity index (χ4v) is 10.0. The number of hydrogen-bond donors (Lipinski definition) is 2. The maximum Gasteiger partial charge on any atom is 0.257 e. The molecule has 12 heteroatoms. The molecule has 4 aromatic rings. The minimum absolute atomic E-state index is 0.0145. The second-order valence-corrected chi connectivity index (χ2v) is 14.9. The smallest absolute Gasteiger partial charge is 0.257 e. The molecule has 240 valence electrons. The molecule has 4 heterocycles. The first kappa shape index (κ1) is 30.0. The van der Waals surface area contributed by atoms with Crippen molar-refractivity contribution in [2.45, 2.75) is 39.5 Å². The lowest BCUT2D eigenvalue weighted by molar-refractivity contribution is -0.173. The van der Waals surface area contributed by atoms with Crippen molar-refractivity contribution in [3.05, 3.63) is 75.8 Å². The number of phenols is 1. The number of hydrogen-bond acceptors (Lipinski definition) is 8. The Labute approximate surface area is 278 Å². The predicted molar refractivity (Wildman–Crippen MR) is 175 cm³/mol. The number of fused-ring (bicyclic) bond motifs is 5. The van der Waals surface area contributed by atoms with Gasteiger partial charge in [0, 0.05) is 34.3 Å². The molecule has 0 spiro atoms. The first-order chi connectivity index (χ1) is 22.3. The number of carbonyl (C=O) groups is 4. The van der Waals surface area contributed by atoms with Crippen LogP contribution in [0.5, 0.6) is 5.75 Å². The number of anilines is 1. The Hall–Kier alpha value is -4.32. The minimum atomic E-state index is -1.32. The van der Waals surface area contributed by atoms with Gasteiger partial charge < -0.3 is 5.11 Å². The molecule has 8 rings (SSSR count). The quantitative estimate of drug-likeness (QED) is 0.158. The normalized spacial score (nSPS) is 28.6. The molecule has 0 radical (unpaired) electrons. The molecule has 1 saturated carbocycles. The number of carbonyl (C=O) groups excluding carboxylic acids is 4. The summed E-state index contributed by atoms with van der Waals surface area (Å²) >= 11 is 7.82. The molecule has 0 unspecified atom stereocenters. The molecule has 47 heavy (non-hydrogen) atoms. The number of halogens is 1. The highest BCUT2D eigenvalue weighted by atomic mass is 35.5. The fourth-order valence-electron chi connectivity index (χ4n) is 8.69. The van der Waals surface area contributed by atoms with Crippen molar-refractivity contribution in [3.8, 4) is 16.3 Å². The van der Waals surface area contributed by atoms with Gasteiger partial charge in [0.1, 0.15) is 17.3 Å². The summed E-state index contributed by atoms with van der Waals surface area (Å²) in [5.41, 5.74) is 2.11. The predicted octanol–water partition coefficient (Wildman–Crippen LogP) is 5.90. The van der Waals surface area contributed by atoms with Gasteiger partial charge in [0.05, 0.1) is 28.0 Å². The van der Waals surface area contributed by atoms with E-state index in [1.807, 2.05) is 31.2 Å². The SMILES string of the molecule is Cc1cccc([C@H]2C3=CC[C@@H]4C(=O)N(O)C(=O)[C@@H]4[C@@H]3C[C@H]3C(=O)N(c4cc(-c5sc6ccc(Cl)cc6c5C)nn4C)C(=O)[C@@]23C)c1O. The zero-order valence-electron chi connectivity index (χ0n) is 26.0. The van der Waals surface area contributed by atoms with Gasteiger partial charge >= 0.3 is 0 Å². The van der Waals surface area contributed by atoms with E-state index in [9.17, 15) is 29.5 Å². The van der Waals surface area contributed by atoms with Gasteiger partial charge in [0.15, 0.2) is 0 Å². The number of imide groups is 2. The summed E-state index contributed by atoms with van der Waals surface area (Å²) in [5.74, 6) is -5.71. The van der Waals surface area contributed by atoms with E-state index >= 15 is 0 Å². The number of para-hydroxylation sites is 1. The molecule has 2 aliphatic heterocycles. The van der Waals surface area contributed by atoms with E-state index in [4.69, 9.17) is 16.7 Å². The van der Waals surface area contributed by atoms with Gasteiger partial charge in [-0.25, -0.2) is 4.90 Å². The van der Waals surface area contributed by atoms with E-state index in [0.29, 0.717) is 27.7 Å². The molecule has 4 aliphatic rings. The number of benzene rings is 2. The molecule has 2 N–H and O–H groups in total. The third-order valence-corrected chi connectivity index (χ3v) is 12.6. The van der Waals surface area contributed by atoms with Crippen molar-refractivity contribution >= 4 is 62.5 Å². The Balaban J connectivity index is 1.27. The molecular formula is C35H31ClN4O6S. The summed E-state index contributed by atoms with van der Waals surface area (Å²) in [5, 5.41) is 28.3. The third-order valence-electron chi connectivity index (χ3n) is 11.0. The van der Waals surface area contributed by atoms with E-state index < -0.39 is 58.6 Å². The molecule has 10 nitrogen and oxygen atoms in total. The van der Waals surface area contributed by atoms with Crippen LogP contribution in [0, 0.1) is 42.9 Å². The second kappa shape index (κ2) is 10.1. The van der Waals surface area contributed by atoms with Gasteiger partial charge in [-0.3, -0.25) is 29.1 Å². The number of phenolic OH excluding ortho intramolecular Hbond substituents is 1. The van der Waals surface area contributed by atoms with Gasteiger partial charge in [-0.15, -0.1) is 11.3 Å². The molecule has 2 aromatic carbocycles. The van der Waals surface area contributed by atoms with E-state index in [1.54, 1.807) is 56.5 Å². The number of amides is 4. The Morgan fingerprint density at radius 3 is 2.55 bits per heavy atom. The number of rotatable bonds is 3. The van der Waals surface area contributed by atoms with Crippen LogP contribution in [-0.4, -0.2) is 48.8 Å². The first-order valence-electron chi connectivity index (χ1n) is 15.5. The zero-order chi connectivity index (χ0) is 33.3. The van der Waals surface area contributed by atoms with Crippen LogP contribution >= 0.6 is 22.9 Å². The minimum Gasteiger partial charge on any atom is -0.507 e. The van der Waals surface area contributed by atoms with Crippen molar-refractivity contribution in [2.75, 3.05) is 4.90 Å². The number of nitrogens with zero attached hydrogens (tertiary/aromatic N) is 4. The lowest BCUT2D eigenvalue weighted by atomic mass is 9.51. The van der Waals surface area contributed by atoms with E-state index in [2.05, 4.69) is 0 Å². The summed E-state index contributed by atoms with van der Waals surface area (Å²) in [7, 11) is 1.69. The van der Waals surface area contributed by atoms with Crippen molar-refractivity contribution in [1.29, 1.82) is 0 Å². The highest BCUT2D eigenvalue weighted by Crippen LogP contribution is 2.64. The van der Waals surface area contributed by atoms with Gasteiger partial charge in [-0.1, -0.05) is 41.4 Å². The number of aromatic nitrogens is 2. The van der Waals surface area contributed by atoms with E-state index in [-0.39, 0.29) is 23.7 Å². The number of aromatic hydroxyl groups is 1. The summed E-state index contributed by atoms with van der Waals surface area (Å²) in [6.07, 6.45) is 2.23.